The monoisotopic (exact) mass is 308 g/mol. The first-order valence-electron chi connectivity index (χ1n) is 6.55. The third-order valence-corrected chi connectivity index (χ3v) is 3.43. The zero-order valence-electron chi connectivity index (χ0n) is 12.1. The fourth-order valence-electron chi connectivity index (χ4n) is 1.94. The van der Waals surface area contributed by atoms with Gasteiger partial charge in [-0.25, -0.2) is 0 Å². The molecule has 0 fully saturated rings. The first-order valence-corrected chi connectivity index (χ1v) is 6.92. The average molecular weight is 309 g/mol. The summed E-state index contributed by atoms with van der Waals surface area (Å²) in [6.07, 6.45) is 0. The fraction of sp³-hybridized carbons (Fsp3) is 0.357. The number of carbonyl (C=O) groups excluding carboxylic acids is 1. The van der Waals surface area contributed by atoms with Gasteiger partial charge < -0.3 is 15.0 Å². The Morgan fingerprint density at radius 1 is 1.43 bits per heavy atom. The maximum atomic E-state index is 12.0. The van der Waals surface area contributed by atoms with E-state index in [9.17, 15) is 9.90 Å². The molecule has 0 radical (unpaired) electrons. The molecule has 1 aromatic heterocycles. The van der Waals surface area contributed by atoms with E-state index in [4.69, 9.17) is 11.6 Å². The molecule has 0 saturated heterocycles. The second kappa shape index (κ2) is 6.13. The number of aromatic nitrogens is 3. The molecular formula is C14H17ClN4O2. The number of hydrogen-bond acceptors (Lipinski definition) is 4. The van der Waals surface area contributed by atoms with Crippen molar-refractivity contribution < 1.29 is 9.90 Å². The molecule has 0 atom stereocenters. The number of nitrogens with zero attached hydrogens (tertiary/aromatic N) is 3. The smallest absolute Gasteiger partial charge is 0.251 e. The first-order chi connectivity index (χ1) is 9.90. The van der Waals surface area contributed by atoms with E-state index in [1.807, 2.05) is 25.5 Å². The van der Waals surface area contributed by atoms with Gasteiger partial charge in [0.25, 0.3) is 5.91 Å². The molecule has 0 aliphatic heterocycles. The van der Waals surface area contributed by atoms with Gasteiger partial charge in [0.1, 0.15) is 11.6 Å². The van der Waals surface area contributed by atoms with E-state index in [1.54, 1.807) is 0 Å². The summed E-state index contributed by atoms with van der Waals surface area (Å²) >= 11 is 5.78. The predicted molar refractivity (Wildman–Crippen MR) is 79.4 cm³/mol. The molecule has 112 valence electrons. The van der Waals surface area contributed by atoms with Crippen LogP contribution in [0, 0.1) is 0 Å². The van der Waals surface area contributed by atoms with E-state index in [0.717, 1.165) is 5.82 Å². The Hall–Kier alpha value is -2.08. The summed E-state index contributed by atoms with van der Waals surface area (Å²) in [7, 11) is 1.87. The highest BCUT2D eigenvalue weighted by Gasteiger charge is 2.13. The van der Waals surface area contributed by atoms with Crippen molar-refractivity contribution in [2.24, 2.45) is 7.05 Å². The Bertz CT molecular complexity index is 667. The summed E-state index contributed by atoms with van der Waals surface area (Å²) in [6.45, 7) is 4.34. The van der Waals surface area contributed by atoms with E-state index in [2.05, 4.69) is 15.5 Å². The van der Waals surface area contributed by atoms with Gasteiger partial charge in [-0.15, -0.1) is 10.2 Å². The minimum absolute atomic E-state index is 0.0527. The van der Waals surface area contributed by atoms with Gasteiger partial charge >= 0.3 is 0 Å². The lowest BCUT2D eigenvalue weighted by molar-refractivity contribution is 0.0949. The van der Waals surface area contributed by atoms with Crippen LogP contribution in [0.25, 0.3) is 0 Å². The maximum Gasteiger partial charge on any atom is 0.251 e. The van der Waals surface area contributed by atoms with Crippen LogP contribution in [0.1, 0.15) is 41.8 Å². The van der Waals surface area contributed by atoms with Crippen molar-refractivity contribution in [3.63, 3.8) is 0 Å². The third-order valence-electron chi connectivity index (χ3n) is 3.13. The normalized spacial score (nSPS) is 10.9. The largest absolute Gasteiger partial charge is 0.506 e. The van der Waals surface area contributed by atoms with Gasteiger partial charge in [0.2, 0.25) is 0 Å². The van der Waals surface area contributed by atoms with E-state index in [0.29, 0.717) is 11.4 Å². The highest BCUT2D eigenvalue weighted by Crippen LogP contribution is 2.23. The van der Waals surface area contributed by atoms with Gasteiger partial charge in [-0.2, -0.15) is 0 Å². The lowest BCUT2D eigenvalue weighted by Crippen LogP contribution is -2.24. The summed E-state index contributed by atoms with van der Waals surface area (Å²) in [5.74, 6) is 1.47. The highest BCUT2D eigenvalue weighted by molar-refractivity contribution is 6.32. The summed E-state index contributed by atoms with van der Waals surface area (Å²) in [6, 6.07) is 4.31. The van der Waals surface area contributed by atoms with Crippen LogP contribution in [0.5, 0.6) is 5.75 Å². The Labute approximate surface area is 127 Å². The number of phenolic OH excluding ortho intramolecular Hbond substituents is 1. The van der Waals surface area contributed by atoms with Gasteiger partial charge in [-0.05, 0) is 18.2 Å². The van der Waals surface area contributed by atoms with Gasteiger partial charge in [-0.3, -0.25) is 4.79 Å². The molecule has 1 aromatic carbocycles. The van der Waals surface area contributed by atoms with Crippen molar-refractivity contribution in [1.82, 2.24) is 20.1 Å². The van der Waals surface area contributed by atoms with Gasteiger partial charge in [0.15, 0.2) is 5.82 Å². The van der Waals surface area contributed by atoms with Crippen LogP contribution >= 0.6 is 11.6 Å². The quantitative estimate of drug-likeness (QED) is 0.907. The lowest BCUT2D eigenvalue weighted by atomic mass is 10.2. The summed E-state index contributed by atoms with van der Waals surface area (Å²) in [5.41, 5.74) is 0.379. The zero-order valence-corrected chi connectivity index (χ0v) is 12.8. The molecular weight excluding hydrogens is 292 g/mol. The number of phenols is 1. The van der Waals surface area contributed by atoms with Gasteiger partial charge in [0, 0.05) is 18.5 Å². The molecule has 6 nitrogen and oxygen atoms in total. The number of nitrogens with one attached hydrogen (secondary N) is 1. The van der Waals surface area contributed by atoms with Crippen molar-refractivity contribution in [2.45, 2.75) is 26.3 Å². The van der Waals surface area contributed by atoms with Crippen molar-refractivity contribution in [3.05, 3.63) is 40.4 Å². The van der Waals surface area contributed by atoms with Crippen LogP contribution in [0.15, 0.2) is 18.2 Å². The van der Waals surface area contributed by atoms with Crippen LogP contribution in [0.4, 0.5) is 0 Å². The fourth-order valence-corrected chi connectivity index (χ4v) is 2.12. The molecule has 0 bridgehead atoms. The van der Waals surface area contributed by atoms with Gasteiger partial charge in [-0.1, -0.05) is 25.4 Å². The standard InChI is InChI=1S/C14H17ClN4O2/c1-8(2)13-18-17-12(19(13)3)7-16-14(21)9-4-5-11(20)10(15)6-9/h4-6,8,20H,7H2,1-3H3,(H,16,21). The summed E-state index contributed by atoms with van der Waals surface area (Å²) < 4.78 is 1.87. The maximum absolute atomic E-state index is 12.0. The predicted octanol–water partition coefficient (Wildman–Crippen LogP) is 2.23. The molecule has 0 unspecified atom stereocenters. The van der Waals surface area contributed by atoms with Crippen LogP contribution in [0.3, 0.4) is 0 Å². The molecule has 1 heterocycles. The minimum atomic E-state index is -0.286. The van der Waals surface area contributed by atoms with Crippen molar-refractivity contribution in [3.8, 4) is 5.75 Å². The van der Waals surface area contributed by atoms with Crippen LogP contribution in [-0.4, -0.2) is 25.8 Å². The molecule has 2 aromatic rings. The van der Waals surface area contributed by atoms with Crippen molar-refractivity contribution >= 4 is 17.5 Å². The SMILES string of the molecule is CC(C)c1nnc(CNC(=O)c2ccc(O)c(Cl)c2)n1C. The Morgan fingerprint density at radius 2 is 2.14 bits per heavy atom. The number of hydrogen-bond donors (Lipinski definition) is 2. The minimum Gasteiger partial charge on any atom is -0.506 e. The van der Waals surface area contributed by atoms with Crippen molar-refractivity contribution in [1.29, 1.82) is 0 Å². The second-order valence-electron chi connectivity index (χ2n) is 5.04. The highest BCUT2D eigenvalue weighted by atomic mass is 35.5. The Morgan fingerprint density at radius 3 is 2.71 bits per heavy atom. The molecule has 2 rings (SSSR count). The van der Waals surface area contributed by atoms with E-state index >= 15 is 0 Å². The second-order valence-corrected chi connectivity index (χ2v) is 5.44. The number of benzene rings is 1. The van der Waals surface area contributed by atoms with Crippen LogP contribution in [-0.2, 0) is 13.6 Å². The number of halogens is 1. The molecule has 0 aliphatic carbocycles. The first kappa shape index (κ1) is 15.3. The van der Waals surface area contributed by atoms with Crippen LogP contribution < -0.4 is 5.32 Å². The zero-order chi connectivity index (χ0) is 15.6. The lowest BCUT2D eigenvalue weighted by Gasteiger charge is -2.08. The van der Waals surface area contributed by atoms with E-state index in [-0.39, 0.29) is 29.1 Å². The van der Waals surface area contributed by atoms with Crippen LogP contribution in [0.2, 0.25) is 5.02 Å². The van der Waals surface area contributed by atoms with E-state index < -0.39 is 0 Å². The Balaban J connectivity index is 2.06. The topological polar surface area (TPSA) is 80.0 Å². The molecule has 7 heteroatoms. The summed E-state index contributed by atoms with van der Waals surface area (Å²) in [5, 5.41) is 20.4. The molecule has 21 heavy (non-hydrogen) atoms. The molecule has 0 aliphatic rings. The molecule has 2 N–H and O–H groups in total. The Kier molecular flexibility index (Phi) is 4.47. The molecule has 0 spiro atoms. The third kappa shape index (κ3) is 3.33. The number of amides is 1. The molecule has 1 amide bonds. The van der Waals surface area contributed by atoms with E-state index in [1.165, 1.54) is 18.2 Å². The number of aromatic hydroxyl groups is 1. The number of rotatable bonds is 4. The van der Waals surface area contributed by atoms with Crippen molar-refractivity contribution in [2.75, 3.05) is 0 Å². The number of carbonyl (C=O) groups is 1. The van der Waals surface area contributed by atoms with Gasteiger partial charge in [0.05, 0.1) is 11.6 Å². The summed E-state index contributed by atoms with van der Waals surface area (Å²) in [4.78, 5) is 12.0. The molecule has 0 saturated carbocycles. The average Bonchev–Trinajstić information content (AvgIpc) is 2.80.